The molecule has 2 N–H and O–H groups in total. The lowest BCUT2D eigenvalue weighted by atomic mass is 9.94. The Morgan fingerprint density at radius 3 is 2.53 bits per heavy atom. The van der Waals surface area contributed by atoms with Gasteiger partial charge < -0.3 is 10.2 Å². The molecule has 0 atom stereocenters. The number of aromatic amines is 1. The summed E-state index contributed by atoms with van der Waals surface area (Å²) in [5.41, 5.74) is 2.87. The molecule has 8 heteroatoms. The van der Waals surface area contributed by atoms with E-state index >= 15 is 0 Å². The first-order valence-corrected chi connectivity index (χ1v) is 11.2. The number of nitrogens with one attached hydrogen (secondary N) is 2. The van der Waals surface area contributed by atoms with Crippen molar-refractivity contribution in [1.29, 1.82) is 0 Å². The first-order chi connectivity index (χ1) is 15.5. The molecule has 0 unspecified atom stereocenters. The zero-order chi connectivity index (χ0) is 22.1. The van der Waals surface area contributed by atoms with E-state index in [0.717, 1.165) is 29.7 Å². The number of nitrogens with zero attached hydrogens (tertiary/aromatic N) is 3. The van der Waals surface area contributed by atoms with Gasteiger partial charge in [0.05, 0.1) is 11.2 Å². The Bertz CT molecular complexity index is 1130. The summed E-state index contributed by atoms with van der Waals surface area (Å²) in [6.45, 7) is 1.08. The monoisotopic (exact) mass is 449 g/mol. The fourth-order valence-corrected chi connectivity index (χ4v) is 4.54. The normalized spacial score (nSPS) is 17.7. The van der Waals surface area contributed by atoms with E-state index in [1.165, 1.54) is 0 Å². The summed E-state index contributed by atoms with van der Waals surface area (Å²) >= 11 is 6.14. The summed E-state index contributed by atoms with van der Waals surface area (Å²) in [7, 11) is 0. The summed E-state index contributed by atoms with van der Waals surface area (Å²) in [5.74, 6) is -0.144. The van der Waals surface area contributed by atoms with Crippen LogP contribution in [0.2, 0.25) is 5.02 Å². The Balaban J connectivity index is 1.18. The lowest BCUT2D eigenvalue weighted by Gasteiger charge is -2.32. The van der Waals surface area contributed by atoms with Gasteiger partial charge in [0.2, 0.25) is 5.91 Å². The number of carbonyl (C=O) groups is 2. The summed E-state index contributed by atoms with van der Waals surface area (Å²) in [6.07, 6.45) is 6.54. The summed E-state index contributed by atoms with van der Waals surface area (Å²) in [5, 5.41) is 11.1. The molecule has 7 nitrogen and oxygen atoms in total. The van der Waals surface area contributed by atoms with Gasteiger partial charge in [-0.05, 0) is 61.6 Å². The van der Waals surface area contributed by atoms with Crippen LogP contribution in [-0.4, -0.2) is 45.0 Å². The van der Waals surface area contributed by atoms with Crippen molar-refractivity contribution in [1.82, 2.24) is 25.4 Å². The molecular formula is C24H24ClN5O2. The molecule has 2 fully saturated rings. The van der Waals surface area contributed by atoms with Gasteiger partial charge in [-0.1, -0.05) is 23.7 Å². The molecule has 32 heavy (non-hydrogen) atoms. The van der Waals surface area contributed by atoms with Crippen molar-refractivity contribution in [2.24, 2.45) is 5.92 Å². The summed E-state index contributed by atoms with van der Waals surface area (Å²) in [6, 6.07) is 13.2. The third-order valence-electron chi connectivity index (χ3n) is 6.43. The molecule has 0 spiro atoms. The van der Waals surface area contributed by atoms with Gasteiger partial charge in [-0.25, -0.2) is 0 Å². The van der Waals surface area contributed by atoms with Gasteiger partial charge in [-0.3, -0.25) is 19.7 Å². The Morgan fingerprint density at radius 1 is 1.09 bits per heavy atom. The zero-order valence-electron chi connectivity index (χ0n) is 17.6. The Morgan fingerprint density at radius 2 is 1.84 bits per heavy atom. The number of piperidine rings is 1. The van der Waals surface area contributed by atoms with Crippen molar-refractivity contribution in [3.63, 3.8) is 0 Å². The number of hydrogen-bond acceptors (Lipinski definition) is 4. The highest BCUT2D eigenvalue weighted by atomic mass is 35.5. The Labute approximate surface area is 191 Å². The van der Waals surface area contributed by atoms with Crippen LogP contribution in [-0.2, 0) is 10.3 Å². The number of likely N-dealkylation sites (tertiary alicyclic amines) is 1. The van der Waals surface area contributed by atoms with Crippen LogP contribution in [0.5, 0.6) is 0 Å². The average molecular weight is 450 g/mol. The Hall–Kier alpha value is -3.19. The minimum absolute atomic E-state index is 0.0642. The molecule has 5 rings (SSSR count). The van der Waals surface area contributed by atoms with Crippen molar-refractivity contribution in [3.8, 4) is 11.3 Å². The van der Waals surface area contributed by atoms with Crippen LogP contribution in [0.15, 0.2) is 54.9 Å². The maximum atomic E-state index is 12.9. The first kappa shape index (κ1) is 20.7. The molecule has 0 radical (unpaired) electrons. The topological polar surface area (TPSA) is 91.0 Å². The van der Waals surface area contributed by atoms with Crippen molar-refractivity contribution in [2.45, 2.75) is 31.2 Å². The lowest BCUT2D eigenvalue weighted by Crippen LogP contribution is -2.45. The SMILES string of the molecule is O=C(NC1(c2cccc(Cl)c2)CC1)C1CCN(C(=O)c2cc(-c3ccncc3)[nH]n2)CC1. The molecule has 0 bridgehead atoms. The lowest BCUT2D eigenvalue weighted by molar-refractivity contribution is -0.127. The second-order valence-corrected chi connectivity index (χ2v) is 8.99. The number of hydrogen-bond donors (Lipinski definition) is 2. The quantitative estimate of drug-likeness (QED) is 0.620. The number of benzene rings is 1. The van der Waals surface area contributed by atoms with Crippen molar-refractivity contribution in [2.75, 3.05) is 13.1 Å². The number of halogens is 1. The van der Waals surface area contributed by atoms with E-state index in [-0.39, 0.29) is 23.3 Å². The van der Waals surface area contributed by atoms with Crippen LogP contribution in [0, 0.1) is 5.92 Å². The highest BCUT2D eigenvalue weighted by molar-refractivity contribution is 6.30. The second-order valence-electron chi connectivity index (χ2n) is 8.55. The predicted molar refractivity (Wildman–Crippen MR) is 121 cm³/mol. The van der Waals surface area contributed by atoms with Crippen LogP contribution in [0.1, 0.15) is 41.7 Å². The van der Waals surface area contributed by atoms with E-state index < -0.39 is 0 Å². The van der Waals surface area contributed by atoms with Gasteiger partial charge in [0.1, 0.15) is 0 Å². The number of amides is 2. The largest absolute Gasteiger partial charge is 0.346 e. The minimum Gasteiger partial charge on any atom is -0.346 e. The van der Waals surface area contributed by atoms with Crippen molar-refractivity contribution >= 4 is 23.4 Å². The van der Waals surface area contributed by atoms with E-state index in [1.54, 1.807) is 23.4 Å². The summed E-state index contributed by atoms with van der Waals surface area (Å²) < 4.78 is 0. The molecule has 1 aliphatic carbocycles. The minimum atomic E-state index is -0.284. The van der Waals surface area contributed by atoms with Crippen LogP contribution in [0.25, 0.3) is 11.3 Å². The molecule has 2 aliphatic rings. The predicted octanol–water partition coefficient (Wildman–Crippen LogP) is 3.78. The van der Waals surface area contributed by atoms with E-state index in [9.17, 15) is 9.59 Å². The number of H-pyrrole nitrogens is 1. The van der Waals surface area contributed by atoms with Gasteiger partial charge in [-0.15, -0.1) is 0 Å². The number of aromatic nitrogens is 3. The van der Waals surface area contributed by atoms with Crippen LogP contribution in [0.3, 0.4) is 0 Å². The van der Waals surface area contributed by atoms with E-state index in [4.69, 9.17) is 11.6 Å². The van der Waals surface area contributed by atoms with Gasteiger partial charge in [0.25, 0.3) is 5.91 Å². The summed E-state index contributed by atoms with van der Waals surface area (Å²) in [4.78, 5) is 31.6. The van der Waals surface area contributed by atoms with Gasteiger partial charge in [0.15, 0.2) is 5.69 Å². The van der Waals surface area contributed by atoms with E-state index in [2.05, 4.69) is 20.5 Å². The standard InChI is InChI=1S/C24H24ClN5O2/c25-19-3-1-2-18(14-19)24(8-9-24)27-22(31)17-6-12-30(13-7-17)23(32)21-15-20(28-29-21)16-4-10-26-11-5-16/h1-5,10-11,14-15,17H,6-9,12-13H2,(H,27,31)(H,28,29). The third kappa shape index (κ3) is 4.12. The smallest absolute Gasteiger partial charge is 0.274 e. The molecule has 1 saturated heterocycles. The van der Waals surface area contributed by atoms with Crippen molar-refractivity contribution < 1.29 is 9.59 Å². The fourth-order valence-electron chi connectivity index (χ4n) is 4.35. The Kier molecular flexibility index (Phi) is 5.43. The van der Waals surface area contributed by atoms with E-state index in [1.807, 2.05) is 36.4 Å². The molecule has 1 aliphatic heterocycles. The number of rotatable bonds is 5. The van der Waals surface area contributed by atoms with Crippen molar-refractivity contribution in [3.05, 3.63) is 71.1 Å². The molecule has 3 heterocycles. The highest BCUT2D eigenvalue weighted by Gasteiger charge is 2.46. The molecular weight excluding hydrogens is 426 g/mol. The molecule has 2 amide bonds. The second kappa shape index (κ2) is 8.39. The van der Waals surface area contributed by atoms with Crippen LogP contribution < -0.4 is 5.32 Å². The first-order valence-electron chi connectivity index (χ1n) is 10.9. The molecule has 164 valence electrons. The highest BCUT2D eigenvalue weighted by Crippen LogP contribution is 2.46. The average Bonchev–Trinajstić information content (AvgIpc) is 3.44. The van der Waals surface area contributed by atoms with Crippen LogP contribution >= 0.6 is 11.6 Å². The molecule has 1 aromatic carbocycles. The van der Waals surface area contributed by atoms with Crippen LogP contribution in [0.4, 0.5) is 0 Å². The number of pyridine rings is 1. The molecule has 1 saturated carbocycles. The number of carbonyl (C=O) groups excluding carboxylic acids is 2. The maximum Gasteiger partial charge on any atom is 0.274 e. The van der Waals surface area contributed by atoms with Gasteiger partial charge in [0, 0.05) is 42.0 Å². The third-order valence-corrected chi connectivity index (χ3v) is 6.67. The molecule has 3 aromatic rings. The van der Waals surface area contributed by atoms with Gasteiger partial charge >= 0.3 is 0 Å². The molecule has 2 aromatic heterocycles. The van der Waals surface area contributed by atoms with Gasteiger partial charge in [-0.2, -0.15) is 5.10 Å². The fraction of sp³-hybridized carbons (Fsp3) is 0.333. The van der Waals surface area contributed by atoms with E-state index in [0.29, 0.717) is 36.6 Å². The zero-order valence-corrected chi connectivity index (χ0v) is 18.3. The maximum absolute atomic E-state index is 12.9.